The molecule has 1 aromatic rings. The first-order valence-corrected chi connectivity index (χ1v) is 4.45. The molecule has 0 aromatic heterocycles. The summed E-state index contributed by atoms with van der Waals surface area (Å²) >= 11 is 3.36. The van der Waals surface area contributed by atoms with Crippen LogP contribution in [0.15, 0.2) is 22.7 Å². The van der Waals surface area contributed by atoms with Crippen molar-refractivity contribution in [3.8, 4) is 0 Å². The van der Waals surface area contributed by atoms with E-state index in [-0.39, 0.29) is 6.61 Å². The Balaban J connectivity index is 3.02. The predicted molar refractivity (Wildman–Crippen MR) is 49.4 cm³/mol. The normalized spacial score (nSPS) is 10.1. The second-order valence-corrected chi connectivity index (χ2v) is 3.29. The highest BCUT2D eigenvalue weighted by Crippen LogP contribution is 2.18. The van der Waals surface area contributed by atoms with Crippen LogP contribution in [0.2, 0.25) is 0 Å². The van der Waals surface area contributed by atoms with E-state index in [0.29, 0.717) is 0 Å². The predicted octanol–water partition coefficient (Wildman–Crippen LogP) is 2.50. The molecule has 0 aliphatic heterocycles. The largest absolute Gasteiger partial charge is 0.392 e. The molecule has 0 aliphatic rings. The molecule has 0 radical (unpaired) electrons. The van der Waals surface area contributed by atoms with Crippen molar-refractivity contribution in [3.05, 3.63) is 33.8 Å². The van der Waals surface area contributed by atoms with Gasteiger partial charge in [-0.15, -0.1) is 0 Å². The lowest BCUT2D eigenvalue weighted by Gasteiger charge is -2.02. The average molecular weight is 215 g/mol. The third-order valence-electron chi connectivity index (χ3n) is 1.69. The Morgan fingerprint density at radius 3 is 2.73 bits per heavy atom. The quantitative estimate of drug-likeness (QED) is 0.803. The molecule has 0 amide bonds. The summed E-state index contributed by atoms with van der Waals surface area (Å²) < 4.78 is 0.984. The van der Waals surface area contributed by atoms with Crippen molar-refractivity contribution in [2.24, 2.45) is 0 Å². The smallest absolute Gasteiger partial charge is 0.0692 e. The second kappa shape index (κ2) is 3.88. The van der Waals surface area contributed by atoms with Crippen molar-refractivity contribution < 1.29 is 5.11 Å². The lowest BCUT2D eigenvalue weighted by atomic mass is 10.1. The van der Waals surface area contributed by atoms with Gasteiger partial charge in [0.2, 0.25) is 0 Å². The van der Waals surface area contributed by atoms with E-state index < -0.39 is 0 Å². The van der Waals surface area contributed by atoms with Crippen LogP contribution in [0.3, 0.4) is 0 Å². The van der Waals surface area contributed by atoms with E-state index in [2.05, 4.69) is 28.9 Å². The number of aliphatic hydroxyl groups excluding tert-OH is 1. The fourth-order valence-electron chi connectivity index (χ4n) is 0.969. The van der Waals surface area contributed by atoms with Gasteiger partial charge in [0.05, 0.1) is 6.61 Å². The third kappa shape index (κ3) is 2.04. The maximum Gasteiger partial charge on any atom is 0.0692 e. The average Bonchev–Trinajstić information content (AvgIpc) is 2.05. The van der Waals surface area contributed by atoms with E-state index >= 15 is 0 Å². The lowest BCUT2D eigenvalue weighted by Crippen LogP contribution is -1.88. The fraction of sp³-hybridized carbons (Fsp3) is 0.333. The number of rotatable bonds is 2. The van der Waals surface area contributed by atoms with Crippen molar-refractivity contribution in [1.82, 2.24) is 0 Å². The molecule has 60 valence electrons. The molecule has 0 unspecified atom stereocenters. The zero-order valence-electron chi connectivity index (χ0n) is 6.47. The first-order chi connectivity index (χ1) is 5.27. The summed E-state index contributed by atoms with van der Waals surface area (Å²) in [7, 11) is 0. The van der Waals surface area contributed by atoms with Gasteiger partial charge in [-0.1, -0.05) is 35.0 Å². The minimum absolute atomic E-state index is 0.106. The molecule has 11 heavy (non-hydrogen) atoms. The Kier molecular flexibility index (Phi) is 3.09. The molecule has 1 rings (SSSR count). The van der Waals surface area contributed by atoms with Gasteiger partial charge in [-0.05, 0) is 23.6 Å². The van der Waals surface area contributed by atoms with E-state index in [9.17, 15) is 0 Å². The monoisotopic (exact) mass is 214 g/mol. The first-order valence-electron chi connectivity index (χ1n) is 3.66. The summed E-state index contributed by atoms with van der Waals surface area (Å²) in [5.74, 6) is 0. The summed E-state index contributed by atoms with van der Waals surface area (Å²) in [4.78, 5) is 0. The van der Waals surface area contributed by atoms with Crippen LogP contribution >= 0.6 is 15.9 Å². The Morgan fingerprint density at radius 1 is 1.45 bits per heavy atom. The molecule has 1 aromatic carbocycles. The molecule has 0 bridgehead atoms. The minimum Gasteiger partial charge on any atom is -0.392 e. The van der Waals surface area contributed by atoms with Gasteiger partial charge in [-0.3, -0.25) is 0 Å². The standard InChI is InChI=1S/C9H11BrO/c1-2-7-3-4-9(10)8(5-7)6-11/h3-5,11H,2,6H2,1H3. The Bertz CT molecular complexity index is 245. The van der Waals surface area contributed by atoms with E-state index in [1.807, 2.05) is 12.1 Å². The molecule has 0 atom stereocenters. The fourth-order valence-corrected chi connectivity index (χ4v) is 1.34. The molecule has 0 spiro atoms. The van der Waals surface area contributed by atoms with Crippen LogP contribution in [0.1, 0.15) is 18.1 Å². The van der Waals surface area contributed by atoms with Crippen LogP contribution in [0, 0.1) is 0 Å². The van der Waals surface area contributed by atoms with E-state index in [1.54, 1.807) is 0 Å². The number of hydrogen-bond donors (Lipinski definition) is 1. The minimum atomic E-state index is 0.106. The van der Waals surface area contributed by atoms with Crippen molar-refractivity contribution in [2.45, 2.75) is 20.0 Å². The molecule has 0 saturated carbocycles. The molecule has 0 fully saturated rings. The molecular weight excluding hydrogens is 204 g/mol. The van der Waals surface area contributed by atoms with Gasteiger partial charge in [0, 0.05) is 4.47 Å². The van der Waals surface area contributed by atoms with Crippen molar-refractivity contribution in [2.75, 3.05) is 0 Å². The number of hydrogen-bond acceptors (Lipinski definition) is 1. The van der Waals surface area contributed by atoms with Crippen molar-refractivity contribution in [1.29, 1.82) is 0 Å². The van der Waals surface area contributed by atoms with Crippen LogP contribution in [-0.2, 0) is 13.0 Å². The van der Waals surface area contributed by atoms with Gasteiger partial charge < -0.3 is 5.11 Å². The van der Waals surface area contributed by atoms with Gasteiger partial charge in [0.25, 0.3) is 0 Å². The zero-order valence-corrected chi connectivity index (χ0v) is 8.06. The summed E-state index contributed by atoms with van der Waals surface area (Å²) in [5, 5.41) is 8.91. The molecule has 1 nitrogen and oxygen atoms in total. The first kappa shape index (κ1) is 8.75. The molecule has 0 saturated heterocycles. The van der Waals surface area contributed by atoms with Crippen molar-refractivity contribution in [3.63, 3.8) is 0 Å². The van der Waals surface area contributed by atoms with Crippen LogP contribution in [0.25, 0.3) is 0 Å². The summed E-state index contributed by atoms with van der Waals surface area (Å²) in [6, 6.07) is 6.05. The van der Waals surface area contributed by atoms with Gasteiger partial charge in [0.15, 0.2) is 0 Å². The maximum absolute atomic E-state index is 8.91. The number of halogens is 1. The molecule has 2 heteroatoms. The number of aryl methyl sites for hydroxylation is 1. The summed E-state index contributed by atoms with van der Waals surface area (Å²) in [6.45, 7) is 2.21. The van der Waals surface area contributed by atoms with Crippen LogP contribution in [-0.4, -0.2) is 5.11 Å². The lowest BCUT2D eigenvalue weighted by molar-refractivity contribution is 0.281. The van der Waals surface area contributed by atoms with Gasteiger partial charge in [-0.25, -0.2) is 0 Å². The highest BCUT2D eigenvalue weighted by Gasteiger charge is 1.98. The summed E-state index contributed by atoms with van der Waals surface area (Å²) in [6.07, 6.45) is 1.01. The molecule has 0 heterocycles. The van der Waals surface area contributed by atoms with Crippen LogP contribution in [0.5, 0.6) is 0 Å². The Labute approximate surface area is 75.2 Å². The maximum atomic E-state index is 8.91. The highest BCUT2D eigenvalue weighted by molar-refractivity contribution is 9.10. The Hall–Kier alpha value is -0.340. The molecule has 0 aliphatic carbocycles. The molecular formula is C9H11BrO. The SMILES string of the molecule is CCc1ccc(Br)c(CO)c1. The Morgan fingerprint density at radius 2 is 2.18 bits per heavy atom. The summed E-state index contributed by atoms with van der Waals surface area (Å²) in [5.41, 5.74) is 2.22. The molecule has 1 N–H and O–H groups in total. The van der Waals surface area contributed by atoms with Crippen LogP contribution in [0.4, 0.5) is 0 Å². The van der Waals surface area contributed by atoms with Gasteiger partial charge in [0.1, 0.15) is 0 Å². The van der Waals surface area contributed by atoms with Crippen molar-refractivity contribution >= 4 is 15.9 Å². The van der Waals surface area contributed by atoms with E-state index in [0.717, 1.165) is 16.5 Å². The van der Waals surface area contributed by atoms with Crippen LogP contribution < -0.4 is 0 Å². The second-order valence-electron chi connectivity index (χ2n) is 2.44. The topological polar surface area (TPSA) is 20.2 Å². The van der Waals surface area contributed by atoms with E-state index in [1.165, 1.54) is 5.56 Å². The highest BCUT2D eigenvalue weighted by atomic mass is 79.9. The zero-order chi connectivity index (χ0) is 8.27. The van der Waals surface area contributed by atoms with Gasteiger partial charge >= 0.3 is 0 Å². The number of aliphatic hydroxyl groups is 1. The van der Waals surface area contributed by atoms with E-state index in [4.69, 9.17) is 5.11 Å². The van der Waals surface area contributed by atoms with Gasteiger partial charge in [-0.2, -0.15) is 0 Å². The third-order valence-corrected chi connectivity index (χ3v) is 2.46. The number of benzene rings is 1.